The van der Waals surface area contributed by atoms with Gasteiger partial charge in [-0.25, -0.2) is 0 Å². The third-order valence-corrected chi connectivity index (χ3v) is 4.10. The summed E-state index contributed by atoms with van der Waals surface area (Å²) in [5.41, 5.74) is 0.543. The average molecular weight is 293 g/mol. The van der Waals surface area contributed by atoms with Crippen LogP contribution in [0.25, 0.3) is 0 Å². The molecule has 2 aliphatic heterocycles. The van der Waals surface area contributed by atoms with Gasteiger partial charge in [-0.2, -0.15) is 0 Å². The molecule has 2 saturated heterocycles. The lowest BCUT2D eigenvalue weighted by molar-refractivity contribution is -0.104. The minimum absolute atomic E-state index is 0.0150. The quantitative estimate of drug-likeness (QED) is 0.838. The van der Waals surface area contributed by atoms with E-state index in [1.54, 1.807) is 19.2 Å². The number of fused-ring (bicyclic) bond motifs is 2. The zero-order chi connectivity index (χ0) is 15.0. The van der Waals surface area contributed by atoms with Gasteiger partial charge in [0.1, 0.15) is 0 Å². The molecular formula is C15H19NO5. The van der Waals surface area contributed by atoms with Gasteiger partial charge in [0.25, 0.3) is 5.91 Å². The third-order valence-electron chi connectivity index (χ3n) is 4.10. The van der Waals surface area contributed by atoms with Crippen LogP contribution in [0.1, 0.15) is 16.8 Å². The van der Waals surface area contributed by atoms with Gasteiger partial charge in [0, 0.05) is 5.56 Å². The summed E-state index contributed by atoms with van der Waals surface area (Å²) in [6.45, 7) is 1.24. The van der Waals surface area contributed by atoms with E-state index in [1.165, 1.54) is 14.2 Å². The number of hydrogen-bond donors (Lipinski definition) is 0. The third kappa shape index (κ3) is 2.19. The van der Waals surface area contributed by atoms with Gasteiger partial charge in [-0.05, 0) is 18.6 Å². The minimum Gasteiger partial charge on any atom is -0.493 e. The van der Waals surface area contributed by atoms with Crippen molar-refractivity contribution in [3.05, 3.63) is 17.7 Å². The molecule has 0 aliphatic carbocycles. The zero-order valence-corrected chi connectivity index (χ0v) is 12.4. The number of carbonyl (C=O) groups excluding carboxylic acids is 1. The monoisotopic (exact) mass is 293 g/mol. The van der Waals surface area contributed by atoms with E-state index in [0.29, 0.717) is 36.0 Å². The fraction of sp³-hybridized carbons (Fsp3) is 0.533. The molecule has 1 amide bonds. The van der Waals surface area contributed by atoms with Crippen molar-refractivity contribution in [2.24, 2.45) is 0 Å². The van der Waals surface area contributed by atoms with E-state index in [1.807, 2.05) is 4.90 Å². The van der Waals surface area contributed by atoms with Crippen molar-refractivity contribution in [3.8, 4) is 17.2 Å². The first-order valence-corrected chi connectivity index (χ1v) is 6.90. The molecule has 0 spiro atoms. The van der Waals surface area contributed by atoms with Gasteiger partial charge in [0.2, 0.25) is 5.75 Å². The molecule has 0 saturated carbocycles. The summed E-state index contributed by atoms with van der Waals surface area (Å²) in [6, 6.07) is 3.77. The van der Waals surface area contributed by atoms with Crippen molar-refractivity contribution in [2.75, 3.05) is 34.5 Å². The lowest BCUT2D eigenvalue weighted by Crippen LogP contribution is -2.65. The Morgan fingerprint density at radius 2 is 1.67 bits per heavy atom. The SMILES string of the molecule is COc1cc(C(=O)N2C3COCC2C3)cc(OC)c1OC. The number of ether oxygens (including phenoxy) is 4. The molecule has 2 fully saturated rings. The van der Waals surface area contributed by atoms with Crippen molar-refractivity contribution in [2.45, 2.75) is 18.5 Å². The first-order valence-electron chi connectivity index (χ1n) is 6.90. The first kappa shape index (κ1) is 14.0. The molecule has 1 aromatic carbocycles. The molecule has 1 aromatic rings. The van der Waals surface area contributed by atoms with Crippen LogP contribution in [-0.2, 0) is 4.74 Å². The van der Waals surface area contributed by atoms with Gasteiger partial charge < -0.3 is 23.8 Å². The number of benzene rings is 1. The maximum absolute atomic E-state index is 12.7. The van der Waals surface area contributed by atoms with Crippen molar-refractivity contribution in [1.82, 2.24) is 4.90 Å². The summed E-state index contributed by atoms with van der Waals surface area (Å²) >= 11 is 0. The normalized spacial score (nSPS) is 23.3. The van der Waals surface area contributed by atoms with Crippen molar-refractivity contribution >= 4 is 5.91 Å². The van der Waals surface area contributed by atoms with E-state index in [2.05, 4.69) is 0 Å². The Balaban J connectivity index is 1.93. The van der Waals surface area contributed by atoms with Gasteiger partial charge >= 0.3 is 0 Å². The summed E-state index contributed by atoms with van der Waals surface area (Å²) in [6.07, 6.45) is 1.02. The first-order chi connectivity index (χ1) is 10.2. The van der Waals surface area contributed by atoms with E-state index < -0.39 is 0 Å². The van der Waals surface area contributed by atoms with Crippen LogP contribution in [0.5, 0.6) is 17.2 Å². The van der Waals surface area contributed by atoms with Crippen LogP contribution in [0, 0.1) is 0 Å². The molecule has 0 aromatic heterocycles. The predicted molar refractivity (Wildman–Crippen MR) is 75.3 cm³/mol. The Kier molecular flexibility index (Phi) is 3.63. The maximum atomic E-state index is 12.7. The minimum atomic E-state index is -0.0150. The number of methoxy groups -OCH3 is 3. The summed E-state index contributed by atoms with van der Waals surface area (Å²) in [4.78, 5) is 14.6. The molecule has 0 radical (unpaired) electrons. The molecular weight excluding hydrogens is 274 g/mol. The van der Waals surface area contributed by atoms with Gasteiger partial charge in [-0.3, -0.25) is 4.79 Å². The van der Waals surface area contributed by atoms with Gasteiger partial charge in [-0.15, -0.1) is 0 Å². The van der Waals surface area contributed by atoms with Crippen LogP contribution in [0.3, 0.4) is 0 Å². The summed E-state index contributed by atoms with van der Waals surface area (Å²) in [7, 11) is 4.62. The fourth-order valence-electron chi connectivity index (χ4n) is 3.02. The van der Waals surface area contributed by atoms with Crippen molar-refractivity contribution < 1.29 is 23.7 Å². The second kappa shape index (κ2) is 5.44. The molecule has 2 atom stereocenters. The number of nitrogens with zero attached hydrogens (tertiary/aromatic N) is 1. The largest absolute Gasteiger partial charge is 0.493 e. The number of hydrogen-bond acceptors (Lipinski definition) is 5. The van der Waals surface area contributed by atoms with E-state index in [-0.39, 0.29) is 18.0 Å². The lowest BCUT2D eigenvalue weighted by Gasteiger charge is -2.52. The van der Waals surface area contributed by atoms with Crippen molar-refractivity contribution in [1.29, 1.82) is 0 Å². The van der Waals surface area contributed by atoms with Crippen LogP contribution >= 0.6 is 0 Å². The summed E-state index contributed by atoms with van der Waals surface area (Å²) < 4.78 is 21.3. The van der Waals surface area contributed by atoms with E-state index >= 15 is 0 Å². The van der Waals surface area contributed by atoms with Gasteiger partial charge in [-0.1, -0.05) is 0 Å². The zero-order valence-electron chi connectivity index (χ0n) is 12.4. The van der Waals surface area contributed by atoms with E-state index in [0.717, 1.165) is 6.42 Å². The smallest absolute Gasteiger partial charge is 0.254 e. The molecule has 2 unspecified atom stereocenters. The second-order valence-electron chi connectivity index (χ2n) is 5.21. The van der Waals surface area contributed by atoms with Crippen LogP contribution in [-0.4, -0.2) is 57.4 Å². The molecule has 2 bridgehead atoms. The molecule has 2 aliphatic rings. The number of morpholine rings is 1. The van der Waals surface area contributed by atoms with Crippen LogP contribution in [0.2, 0.25) is 0 Å². The maximum Gasteiger partial charge on any atom is 0.254 e. The predicted octanol–water partition coefficient (Wildman–Crippen LogP) is 1.33. The van der Waals surface area contributed by atoms with Gasteiger partial charge in [0.05, 0.1) is 46.6 Å². The topological polar surface area (TPSA) is 57.2 Å². The average Bonchev–Trinajstić information content (AvgIpc) is 2.53. The highest BCUT2D eigenvalue weighted by Gasteiger charge is 2.45. The van der Waals surface area contributed by atoms with Crippen molar-refractivity contribution in [3.63, 3.8) is 0 Å². The highest BCUT2D eigenvalue weighted by molar-refractivity contribution is 5.96. The Bertz CT molecular complexity index is 520. The van der Waals surface area contributed by atoms with E-state index in [4.69, 9.17) is 18.9 Å². The number of amides is 1. The van der Waals surface area contributed by atoms with Crippen LogP contribution in [0.15, 0.2) is 12.1 Å². The summed E-state index contributed by atoms with van der Waals surface area (Å²) in [5, 5.41) is 0. The van der Waals surface area contributed by atoms with E-state index in [9.17, 15) is 4.79 Å². The lowest BCUT2D eigenvalue weighted by atomic mass is 9.90. The Hall–Kier alpha value is -1.95. The Morgan fingerprint density at radius 1 is 1.10 bits per heavy atom. The Labute approximate surface area is 123 Å². The summed E-state index contributed by atoms with van der Waals surface area (Å²) in [5.74, 6) is 1.45. The van der Waals surface area contributed by atoms with Crippen LogP contribution in [0.4, 0.5) is 0 Å². The Morgan fingerprint density at radius 3 is 2.10 bits per heavy atom. The molecule has 0 N–H and O–H groups in total. The molecule has 21 heavy (non-hydrogen) atoms. The fourth-order valence-corrected chi connectivity index (χ4v) is 3.02. The highest BCUT2D eigenvalue weighted by Crippen LogP contribution is 2.40. The molecule has 114 valence electrons. The molecule has 6 heteroatoms. The van der Waals surface area contributed by atoms with Gasteiger partial charge in [0.15, 0.2) is 11.5 Å². The number of rotatable bonds is 4. The standard InChI is InChI=1S/C15H19NO5/c1-18-12-4-9(5-13(19-2)14(12)20-3)15(17)16-10-6-11(16)8-21-7-10/h4-5,10-11H,6-8H2,1-3H3. The molecule has 2 heterocycles. The second-order valence-corrected chi connectivity index (χ2v) is 5.21. The number of carbonyl (C=O) groups is 1. The molecule has 3 rings (SSSR count). The molecule has 6 nitrogen and oxygen atoms in total. The van der Waals surface area contributed by atoms with Crippen LogP contribution < -0.4 is 14.2 Å². The highest BCUT2D eigenvalue weighted by atomic mass is 16.5.